The molecule has 3 aliphatic rings. The number of rotatable bonds is 4. The van der Waals surface area contributed by atoms with Crippen LogP contribution in [0.2, 0.25) is 0 Å². The zero-order chi connectivity index (χ0) is 24.2. The van der Waals surface area contributed by atoms with E-state index in [9.17, 15) is 9.59 Å². The molecule has 0 aliphatic heterocycles. The SMILES string of the molecule is O=C1[C@H]2C(c3ccccc3)=C(c3ccccc3)[C@H]1[C@@H]1C(=O)C(c3ccccc3)=C(c3ccccc3)[C@H]21. The fraction of sp³-hybridized carbons (Fsp3) is 0.118. The summed E-state index contributed by atoms with van der Waals surface area (Å²) >= 11 is 0. The van der Waals surface area contributed by atoms with Gasteiger partial charge in [0.1, 0.15) is 5.78 Å². The lowest BCUT2D eigenvalue weighted by molar-refractivity contribution is -0.123. The van der Waals surface area contributed by atoms with Crippen LogP contribution < -0.4 is 0 Å². The zero-order valence-corrected chi connectivity index (χ0v) is 19.7. The summed E-state index contributed by atoms with van der Waals surface area (Å²) in [6.45, 7) is 0. The molecule has 1 fully saturated rings. The normalized spacial score (nSPS) is 24.6. The molecule has 4 aromatic rings. The molecule has 0 N–H and O–H groups in total. The van der Waals surface area contributed by atoms with Crippen LogP contribution >= 0.6 is 0 Å². The number of carbonyl (C=O) groups is 2. The number of allylic oxidation sites excluding steroid dienone is 4. The lowest BCUT2D eigenvalue weighted by Gasteiger charge is -2.30. The number of carbonyl (C=O) groups excluding carboxylic acids is 2. The maximum Gasteiger partial charge on any atom is 0.168 e. The van der Waals surface area contributed by atoms with Crippen LogP contribution in [0.3, 0.4) is 0 Å². The van der Waals surface area contributed by atoms with Crippen LogP contribution in [-0.2, 0) is 9.59 Å². The fourth-order valence-electron chi connectivity index (χ4n) is 6.83. The molecule has 2 bridgehead atoms. The summed E-state index contributed by atoms with van der Waals surface area (Å²) in [5, 5.41) is 0. The van der Waals surface area contributed by atoms with Crippen molar-refractivity contribution in [2.45, 2.75) is 0 Å². The van der Waals surface area contributed by atoms with Gasteiger partial charge >= 0.3 is 0 Å². The van der Waals surface area contributed by atoms with Crippen molar-refractivity contribution in [2.75, 3.05) is 0 Å². The highest BCUT2D eigenvalue weighted by Gasteiger charge is 2.65. The van der Waals surface area contributed by atoms with Crippen LogP contribution in [0.4, 0.5) is 0 Å². The minimum absolute atomic E-state index is 0.103. The summed E-state index contributed by atoms with van der Waals surface area (Å²) in [5.74, 6) is -0.989. The maximum atomic E-state index is 14.3. The quantitative estimate of drug-likeness (QED) is 0.331. The molecular formula is C34H24O2. The first kappa shape index (κ1) is 21.0. The minimum atomic E-state index is -0.426. The van der Waals surface area contributed by atoms with Gasteiger partial charge in [-0.3, -0.25) is 9.59 Å². The second kappa shape index (κ2) is 8.13. The summed E-state index contributed by atoms with van der Waals surface area (Å²) in [5.41, 5.74) is 8.01. The van der Waals surface area contributed by atoms with E-state index in [2.05, 4.69) is 36.4 Å². The highest BCUT2D eigenvalue weighted by molar-refractivity contribution is 6.37. The van der Waals surface area contributed by atoms with Gasteiger partial charge in [-0.2, -0.15) is 0 Å². The largest absolute Gasteiger partial charge is 0.298 e. The molecule has 7 rings (SSSR count). The number of benzene rings is 4. The molecule has 2 nitrogen and oxygen atoms in total. The molecule has 4 aromatic carbocycles. The highest BCUT2D eigenvalue weighted by Crippen LogP contribution is 2.66. The van der Waals surface area contributed by atoms with E-state index in [4.69, 9.17) is 0 Å². The van der Waals surface area contributed by atoms with Gasteiger partial charge in [-0.05, 0) is 39.0 Å². The molecule has 0 spiro atoms. The zero-order valence-electron chi connectivity index (χ0n) is 19.7. The minimum Gasteiger partial charge on any atom is -0.298 e. The molecule has 172 valence electrons. The van der Waals surface area contributed by atoms with Crippen LogP contribution in [0.25, 0.3) is 22.3 Å². The van der Waals surface area contributed by atoms with E-state index in [1.165, 1.54) is 0 Å². The first-order chi connectivity index (χ1) is 17.8. The summed E-state index contributed by atoms with van der Waals surface area (Å²) in [6, 6.07) is 40.6. The lowest BCUT2D eigenvalue weighted by Crippen LogP contribution is -2.26. The number of hydrogen-bond donors (Lipinski definition) is 0. The molecule has 2 heteroatoms. The van der Waals surface area contributed by atoms with Crippen molar-refractivity contribution < 1.29 is 9.59 Å². The van der Waals surface area contributed by atoms with Gasteiger partial charge in [0.15, 0.2) is 5.78 Å². The Kier molecular flexibility index (Phi) is 4.75. The second-order valence-electron chi connectivity index (χ2n) is 9.85. The molecule has 36 heavy (non-hydrogen) atoms. The average molecular weight is 465 g/mol. The third-order valence-electron chi connectivity index (χ3n) is 8.10. The molecule has 0 aromatic heterocycles. The summed E-state index contributed by atoms with van der Waals surface area (Å²) in [4.78, 5) is 28.4. The van der Waals surface area contributed by atoms with Crippen molar-refractivity contribution in [1.29, 1.82) is 0 Å². The first-order valence-corrected chi connectivity index (χ1v) is 12.5. The van der Waals surface area contributed by atoms with Gasteiger partial charge in [0.05, 0.1) is 11.8 Å². The predicted octanol–water partition coefficient (Wildman–Crippen LogP) is 6.85. The monoisotopic (exact) mass is 464 g/mol. The van der Waals surface area contributed by atoms with Crippen LogP contribution in [0.1, 0.15) is 22.3 Å². The standard InChI is InChI=1S/C34H24O2/c35-33-28(24-19-11-4-12-20-24)27(23-17-9-3-10-18-23)29-30-25(21-13-5-1-6-14-21)26(22-15-7-2-8-16-22)31(32(29)33)34(30)36/h1-20,29-32H/t29-,30+,31+,32-/m1/s1. The molecule has 0 amide bonds. The third-order valence-corrected chi connectivity index (χ3v) is 8.10. The molecule has 0 saturated heterocycles. The van der Waals surface area contributed by atoms with Gasteiger partial charge in [0, 0.05) is 17.4 Å². The van der Waals surface area contributed by atoms with Gasteiger partial charge in [-0.1, -0.05) is 121 Å². The fourth-order valence-corrected chi connectivity index (χ4v) is 6.83. The van der Waals surface area contributed by atoms with E-state index in [-0.39, 0.29) is 29.3 Å². The molecule has 0 unspecified atom stereocenters. The van der Waals surface area contributed by atoms with Gasteiger partial charge in [-0.15, -0.1) is 0 Å². The molecule has 4 atom stereocenters. The summed E-state index contributed by atoms with van der Waals surface area (Å²) < 4.78 is 0. The number of Topliss-reactive ketones (excluding diaryl/α,β-unsaturated/α-hetero) is 2. The molecule has 0 heterocycles. The van der Waals surface area contributed by atoms with Gasteiger partial charge in [0.2, 0.25) is 0 Å². The summed E-state index contributed by atoms with van der Waals surface area (Å²) in [7, 11) is 0. The van der Waals surface area contributed by atoms with Crippen molar-refractivity contribution in [3.8, 4) is 0 Å². The van der Waals surface area contributed by atoms with Crippen molar-refractivity contribution in [1.82, 2.24) is 0 Å². The maximum absolute atomic E-state index is 14.3. The van der Waals surface area contributed by atoms with E-state index in [1.54, 1.807) is 0 Å². The number of hydrogen-bond acceptors (Lipinski definition) is 2. The predicted molar refractivity (Wildman–Crippen MR) is 143 cm³/mol. The van der Waals surface area contributed by atoms with E-state index in [0.29, 0.717) is 0 Å². The number of ketones is 2. The van der Waals surface area contributed by atoms with Crippen molar-refractivity contribution in [3.63, 3.8) is 0 Å². The Morgan fingerprint density at radius 2 is 0.750 bits per heavy atom. The number of fused-ring (bicyclic) bond motifs is 5. The third kappa shape index (κ3) is 2.91. The van der Waals surface area contributed by atoms with E-state index >= 15 is 0 Å². The van der Waals surface area contributed by atoms with Crippen LogP contribution in [0.5, 0.6) is 0 Å². The van der Waals surface area contributed by atoms with E-state index in [0.717, 1.165) is 44.5 Å². The molecular weight excluding hydrogens is 440 g/mol. The molecule has 0 radical (unpaired) electrons. The van der Waals surface area contributed by atoms with Gasteiger partial charge < -0.3 is 0 Å². The van der Waals surface area contributed by atoms with Crippen LogP contribution in [0, 0.1) is 23.7 Å². The summed E-state index contributed by atoms with van der Waals surface area (Å²) in [6.07, 6.45) is 0. The van der Waals surface area contributed by atoms with Crippen LogP contribution in [0.15, 0.2) is 121 Å². The topological polar surface area (TPSA) is 34.1 Å². The Hall–Kier alpha value is -4.30. The molecule has 3 aliphatic carbocycles. The van der Waals surface area contributed by atoms with Gasteiger partial charge in [0.25, 0.3) is 0 Å². The Labute approximate surface area is 210 Å². The highest BCUT2D eigenvalue weighted by atomic mass is 16.1. The lowest BCUT2D eigenvalue weighted by atomic mass is 9.71. The first-order valence-electron chi connectivity index (χ1n) is 12.5. The van der Waals surface area contributed by atoms with E-state index < -0.39 is 5.92 Å². The molecule has 1 saturated carbocycles. The Bertz CT molecular complexity index is 1550. The van der Waals surface area contributed by atoms with Crippen molar-refractivity contribution >= 4 is 33.9 Å². The Morgan fingerprint density at radius 3 is 1.19 bits per heavy atom. The average Bonchev–Trinajstić information content (AvgIpc) is 3.52. The van der Waals surface area contributed by atoms with Crippen molar-refractivity contribution in [3.05, 3.63) is 144 Å². The van der Waals surface area contributed by atoms with E-state index in [1.807, 2.05) is 84.9 Å². The smallest absolute Gasteiger partial charge is 0.168 e. The Balaban J connectivity index is 1.51. The van der Waals surface area contributed by atoms with Gasteiger partial charge in [-0.25, -0.2) is 0 Å². The van der Waals surface area contributed by atoms with Crippen LogP contribution in [-0.4, -0.2) is 11.6 Å². The second-order valence-corrected chi connectivity index (χ2v) is 9.85. The Morgan fingerprint density at radius 1 is 0.389 bits per heavy atom. The van der Waals surface area contributed by atoms with Crippen molar-refractivity contribution in [2.24, 2.45) is 23.7 Å².